The fourth-order valence-electron chi connectivity index (χ4n) is 1.05. The first-order valence-corrected chi connectivity index (χ1v) is 5.84. The van der Waals surface area contributed by atoms with Gasteiger partial charge in [0.25, 0.3) is 0 Å². The van der Waals surface area contributed by atoms with Gasteiger partial charge in [0.1, 0.15) is 5.38 Å². The zero-order valence-corrected chi connectivity index (χ0v) is 9.65. The highest BCUT2D eigenvalue weighted by molar-refractivity contribution is 7.98. The zero-order valence-electron chi connectivity index (χ0n) is 8.08. The van der Waals surface area contributed by atoms with Crippen LogP contribution in [0.3, 0.4) is 0 Å². The lowest BCUT2D eigenvalue weighted by Crippen LogP contribution is -2.22. The van der Waals surface area contributed by atoms with Crippen molar-refractivity contribution in [1.82, 2.24) is 5.32 Å². The molecule has 1 rings (SSSR count). The first kappa shape index (κ1) is 11.4. The summed E-state index contributed by atoms with van der Waals surface area (Å²) in [7, 11) is 1.58. The van der Waals surface area contributed by atoms with E-state index in [9.17, 15) is 4.79 Å². The summed E-state index contributed by atoms with van der Waals surface area (Å²) in [6.07, 6.45) is 2.01. The Hall–Kier alpha value is -0.670. The Morgan fingerprint density at radius 2 is 2.00 bits per heavy atom. The fourth-order valence-corrected chi connectivity index (χ4v) is 1.71. The number of hydrogen-bond acceptors (Lipinski definition) is 2. The predicted molar refractivity (Wildman–Crippen MR) is 60.9 cm³/mol. The molecule has 0 saturated carbocycles. The number of rotatable bonds is 3. The number of carbonyl (C=O) groups is 1. The molecule has 0 bridgehead atoms. The fraction of sp³-hybridized carbons (Fsp3) is 0.300. The van der Waals surface area contributed by atoms with Crippen molar-refractivity contribution in [1.29, 1.82) is 0 Å². The van der Waals surface area contributed by atoms with Gasteiger partial charge < -0.3 is 5.32 Å². The van der Waals surface area contributed by atoms with Gasteiger partial charge in [-0.05, 0) is 24.0 Å². The average molecular weight is 230 g/mol. The van der Waals surface area contributed by atoms with Gasteiger partial charge in [0.2, 0.25) is 5.91 Å². The normalized spacial score (nSPS) is 12.2. The van der Waals surface area contributed by atoms with E-state index >= 15 is 0 Å². The molecule has 0 aliphatic rings. The van der Waals surface area contributed by atoms with Crippen molar-refractivity contribution in [3.63, 3.8) is 0 Å². The van der Waals surface area contributed by atoms with E-state index in [0.29, 0.717) is 0 Å². The third kappa shape index (κ3) is 2.66. The van der Waals surface area contributed by atoms with Crippen molar-refractivity contribution < 1.29 is 4.79 Å². The molecular weight excluding hydrogens is 218 g/mol. The van der Waals surface area contributed by atoms with Gasteiger partial charge in [-0.1, -0.05) is 12.1 Å². The minimum atomic E-state index is -0.601. The molecule has 0 radical (unpaired) electrons. The molecule has 0 aromatic heterocycles. The van der Waals surface area contributed by atoms with Crippen LogP contribution in [0.5, 0.6) is 0 Å². The Labute approximate surface area is 93.0 Å². The Morgan fingerprint density at radius 3 is 2.43 bits per heavy atom. The molecule has 1 aromatic carbocycles. The average Bonchev–Trinajstić information content (AvgIpc) is 2.27. The molecule has 1 aromatic rings. The lowest BCUT2D eigenvalue weighted by Gasteiger charge is -2.08. The van der Waals surface area contributed by atoms with Crippen molar-refractivity contribution in [2.75, 3.05) is 13.3 Å². The summed E-state index contributed by atoms with van der Waals surface area (Å²) in [6, 6.07) is 7.66. The van der Waals surface area contributed by atoms with Gasteiger partial charge in [0, 0.05) is 11.9 Å². The van der Waals surface area contributed by atoms with Crippen LogP contribution in [-0.2, 0) is 4.79 Å². The van der Waals surface area contributed by atoms with Crippen molar-refractivity contribution in [3.8, 4) is 0 Å². The molecule has 14 heavy (non-hydrogen) atoms. The molecule has 0 fully saturated rings. The highest BCUT2D eigenvalue weighted by Gasteiger charge is 2.15. The minimum Gasteiger partial charge on any atom is -0.358 e. The van der Waals surface area contributed by atoms with E-state index in [2.05, 4.69) is 5.32 Å². The lowest BCUT2D eigenvalue weighted by atomic mass is 10.1. The Morgan fingerprint density at radius 1 is 1.43 bits per heavy atom. The summed E-state index contributed by atoms with van der Waals surface area (Å²) < 4.78 is 0. The molecule has 1 atom stereocenters. The van der Waals surface area contributed by atoms with Gasteiger partial charge in [-0.3, -0.25) is 4.79 Å². The maximum Gasteiger partial charge on any atom is 0.242 e. The number of likely N-dealkylation sites (N-methyl/N-ethyl adjacent to an activating group) is 1. The molecule has 0 spiro atoms. The van der Waals surface area contributed by atoms with Gasteiger partial charge in [-0.15, -0.1) is 23.4 Å². The summed E-state index contributed by atoms with van der Waals surface area (Å²) in [6.45, 7) is 0. The monoisotopic (exact) mass is 229 g/mol. The summed E-state index contributed by atoms with van der Waals surface area (Å²) in [5, 5.41) is 1.91. The minimum absolute atomic E-state index is 0.177. The van der Waals surface area contributed by atoms with Crippen LogP contribution in [0.4, 0.5) is 0 Å². The largest absolute Gasteiger partial charge is 0.358 e. The van der Waals surface area contributed by atoms with Crippen LogP contribution in [0.25, 0.3) is 0 Å². The van der Waals surface area contributed by atoms with Crippen molar-refractivity contribution in [3.05, 3.63) is 29.8 Å². The first-order valence-electron chi connectivity index (χ1n) is 4.18. The van der Waals surface area contributed by atoms with E-state index in [-0.39, 0.29) is 5.91 Å². The van der Waals surface area contributed by atoms with E-state index in [1.54, 1.807) is 18.8 Å². The number of carbonyl (C=O) groups excluding carboxylic acids is 1. The van der Waals surface area contributed by atoms with Gasteiger partial charge in [-0.25, -0.2) is 0 Å². The number of alkyl halides is 1. The molecule has 2 nitrogen and oxygen atoms in total. The Balaban J connectivity index is 2.81. The van der Waals surface area contributed by atoms with Crippen molar-refractivity contribution >= 4 is 29.3 Å². The van der Waals surface area contributed by atoms with Gasteiger partial charge in [0.05, 0.1) is 0 Å². The first-order chi connectivity index (χ1) is 6.69. The maximum absolute atomic E-state index is 11.2. The lowest BCUT2D eigenvalue weighted by molar-refractivity contribution is -0.120. The summed E-state index contributed by atoms with van der Waals surface area (Å²) >= 11 is 7.59. The predicted octanol–water partition coefficient (Wildman–Crippen LogP) is 2.43. The van der Waals surface area contributed by atoms with Crippen LogP contribution in [0.1, 0.15) is 10.9 Å². The smallest absolute Gasteiger partial charge is 0.242 e. The number of hydrogen-bond donors (Lipinski definition) is 1. The number of halogens is 1. The molecule has 0 aliphatic heterocycles. The van der Waals surface area contributed by atoms with Crippen molar-refractivity contribution in [2.24, 2.45) is 0 Å². The van der Waals surface area contributed by atoms with E-state index in [1.165, 1.54) is 0 Å². The number of thioether (sulfide) groups is 1. The highest BCUT2D eigenvalue weighted by Crippen LogP contribution is 2.23. The van der Waals surface area contributed by atoms with Crippen LogP contribution in [0.15, 0.2) is 29.2 Å². The molecule has 0 saturated heterocycles. The quantitative estimate of drug-likeness (QED) is 0.637. The molecule has 1 amide bonds. The van der Waals surface area contributed by atoms with E-state index in [0.717, 1.165) is 10.5 Å². The van der Waals surface area contributed by atoms with Crippen LogP contribution < -0.4 is 5.32 Å². The van der Waals surface area contributed by atoms with E-state index in [1.807, 2.05) is 30.5 Å². The summed E-state index contributed by atoms with van der Waals surface area (Å²) in [5.74, 6) is -0.177. The van der Waals surface area contributed by atoms with Crippen molar-refractivity contribution in [2.45, 2.75) is 10.3 Å². The number of amides is 1. The van der Waals surface area contributed by atoms with Gasteiger partial charge in [-0.2, -0.15) is 0 Å². The zero-order chi connectivity index (χ0) is 10.6. The SMILES string of the molecule is CNC(=O)C(Cl)c1ccc(SC)cc1. The maximum atomic E-state index is 11.2. The van der Waals surface area contributed by atoms with Crippen LogP contribution >= 0.6 is 23.4 Å². The van der Waals surface area contributed by atoms with Crippen LogP contribution in [0.2, 0.25) is 0 Å². The highest BCUT2D eigenvalue weighted by atomic mass is 35.5. The summed E-state index contributed by atoms with van der Waals surface area (Å²) in [5.41, 5.74) is 0.823. The third-order valence-electron chi connectivity index (χ3n) is 1.89. The van der Waals surface area contributed by atoms with E-state index < -0.39 is 5.38 Å². The standard InChI is InChI=1S/C10H12ClNOS/c1-12-10(13)9(11)7-3-5-8(14-2)6-4-7/h3-6,9H,1-2H3,(H,12,13). The van der Waals surface area contributed by atoms with Crippen LogP contribution in [0, 0.1) is 0 Å². The molecule has 1 N–H and O–H groups in total. The van der Waals surface area contributed by atoms with Crippen LogP contribution in [-0.4, -0.2) is 19.2 Å². The molecule has 0 heterocycles. The second kappa shape index (κ2) is 5.27. The number of benzene rings is 1. The number of nitrogens with one attached hydrogen (secondary N) is 1. The second-order valence-electron chi connectivity index (χ2n) is 2.75. The van der Waals surface area contributed by atoms with E-state index in [4.69, 9.17) is 11.6 Å². The summed E-state index contributed by atoms with van der Waals surface area (Å²) in [4.78, 5) is 12.4. The Bertz CT molecular complexity index is 312. The Kier molecular flexibility index (Phi) is 4.29. The molecule has 0 aliphatic carbocycles. The van der Waals surface area contributed by atoms with Gasteiger partial charge >= 0.3 is 0 Å². The van der Waals surface area contributed by atoms with Gasteiger partial charge in [0.15, 0.2) is 0 Å². The molecule has 4 heteroatoms. The third-order valence-corrected chi connectivity index (χ3v) is 3.08. The second-order valence-corrected chi connectivity index (χ2v) is 4.07. The molecule has 1 unspecified atom stereocenters. The molecule has 76 valence electrons. The topological polar surface area (TPSA) is 29.1 Å². The molecular formula is C10H12ClNOS.